The van der Waals surface area contributed by atoms with Crippen LogP contribution in [0.3, 0.4) is 0 Å². The van der Waals surface area contributed by atoms with Crippen LogP contribution in [-0.4, -0.2) is 25.6 Å². The van der Waals surface area contributed by atoms with Gasteiger partial charge in [-0.3, -0.25) is 4.79 Å². The minimum atomic E-state index is -0.245. The van der Waals surface area contributed by atoms with E-state index in [-0.39, 0.29) is 11.5 Å². The Kier molecular flexibility index (Phi) is 5.59. The zero-order valence-corrected chi connectivity index (χ0v) is 19.5. The first-order valence-corrected chi connectivity index (χ1v) is 11.1. The van der Waals surface area contributed by atoms with Gasteiger partial charge in [-0.2, -0.15) is 5.21 Å². The van der Waals surface area contributed by atoms with Gasteiger partial charge in [0.1, 0.15) is 22.2 Å². The molecule has 0 saturated carbocycles. The molecule has 0 radical (unpaired) electrons. The van der Waals surface area contributed by atoms with Crippen molar-refractivity contribution in [1.82, 2.24) is 25.6 Å². The number of tetrazole rings is 1. The summed E-state index contributed by atoms with van der Waals surface area (Å²) >= 11 is 6.12. The largest absolute Gasteiger partial charge is 0.455 e. The summed E-state index contributed by atoms with van der Waals surface area (Å²) in [4.78, 5) is 17.7. The van der Waals surface area contributed by atoms with Crippen LogP contribution in [0.25, 0.3) is 33.8 Å². The van der Waals surface area contributed by atoms with Gasteiger partial charge in [0.25, 0.3) is 0 Å². The number of benzene rings is 2. The highest BCUT2D eigenvalue weighted by atomic mass is 35.5. The number of nitrogens with zero attached hydrogens (tertiary/aromatic N) is 4. The lowest BCUT2D eigenvalue weighted by Crippen LogP contribution is -2.13. The fourth-order valence-electron chi connectivity index (χ4n) is 4.05. The zero-order chi connectivity index (χ0) is 23.8. The second-order valence-corrected chi connectivity index (χ2v) is 8.50. The molecule has 0 bridgehead atoms. The molecule has 0 fully saturated rings. The van der Waals surface area contributed by atoms with Crippen molar-refractivity contribution in [2.45, 2.75) is 26.8 Å². The highest BCUT2D eigenvalue weighted by molar-refractivity contribution is 6.29. The Morgan fingerprint density at radius 2 is 1.88 bits per heavy atom. The molecular formula is C25H21ClN6O2. The van der Waals surface area contributed by atoms with Crippen LogP contribution in [0, 0.1) is 13.8 Å². The lowest BCUT2D eigenvalue weighted by molar-refractivity contribution is 0.605. The van der Waals surface area contributed by atoms with Gasteiger partial charge < -0.3 is 9.73 Å². The number of hydrogen-bond acceptors (Lipinski definition) is 7. The molecule has 0 amide bonds. The first-order chi connectivity index (χ1) is 16.4. The second kappa shape index (κ2) is 8.72. The van der Waals surface area contributed by atoms with E-state index in [9.17, 15) is 4.79 Å². The van der Waals surface area contributed by atoms with Crippen LogP contribution in [0.5, 0.6) is 0 Å². The van der Waals surface area contributed by atoms with Gasteiger partial charge in [-0.05, 0) is 49.7 Å². The monoisotopic (exact) mass is 472 g/mol. The van der Waals surface area contributed by atoms with E-state index in [0.717, 1.165) is 16.7 Å². The predicted octanol–water partition coefficient (Wildman–Crippen LogP) is 5.48. The molecule has 3 heterocycles. The van der Waals surface area contributed by atoms with E-state index in [1.807, 2.05) is 62.4 Å². The average molecular weight is 473 g/mol. The number of H-pyrrole nitrogens is 1. The number of halogens is 1. The van der Waals surface area contributed by atoms with Gasteiger partial charge in [-0.1, -0.05) is 48.0 Å². The molecule has 34 heavy (non-hydrogen) atoms. The molecule has 3 aromatic heterocycles. The van der Waals surface area contributed by atoms with E-state index in [1.54, 1.807) is 13.0 Å². The molecule has 8 nitrogen and oxygen atoms in total. The fourth-order valence-corrected chi connectivity index (χ4v) is 4.20. The second-order valence-electron chi connectivity index (χ2n) is 8.11. The van der Waals surface area contributed by atoms with Crippen LogP contribution in [0.2, 0.25) is 5.15 Å². The van der Waals surface area contributed by atoms with Crippen molar-refractivity contribution in [3.05, 3.63) is 86.7 Å². The van der Waals surface area contributed by atoms with Crippen molar-refractivity contribution in [1.29, 1.82) is 0 Å². The topological polar surface area (TPSA) is 110 Å². The third-order valence-corrected chi connectivity index (χ3v) is 5.90. The van der Waals surface area contributed by atoms with Gasteiger partial charge in [-0.15, -0.1) is 10.2 Å². The zero-order valence-electron chi connectivity index (χ0n) is 18.8. The Bertz CT molecular complexity index is 1550. The van der Waals surface area contributed by atoms with Crippen molar-refractivity contribution in [2.24, 2.45) is 0 Å². The summed E-state index contributed by atoms with van der Waals surface area (Å²) in [5.74, 6) is 0.885. The number of nitrogens with one attached hydrogen (secondary N) is 2. The third-order valence-electron chi connectivity index (χ3n) is 5.68. The molecule has 9 heteroatoms. The van der Waals surface area contributed by atoms with Gasteiger partial charge in [-0.25, -0.2) is 4.98 Å². The van der Waals surface area contributed by atoms with E-state index in [4.69, 9.17) is 16.0 Å². The number of rotatable bonds is 5. The molecule has 5 rings (SSSR count). The third kappa shape index (κ3) is 3.92. The van der Waals surface area contributed by atoms with E-state index in [2.05, 4.69) is 30.9 Å². The van der Waals surface area contributed by atoms with Gasteiger partial charge in [0, 0.05) is 16.7 Å². The Balaban J connectivity index is 1.65. The van der Waals surface area contributed by atoms with Crippen LogP contribution < -0.4 is 10.7 Å². The van der Waals surface area contributed by atoms with Crippen molar-refractivity contribution in [3.8, 4) is 22.8 Å². The minimum Gasteiger partial charge on any atom is -0.455 e. The maximum absolute atomic E-state index is 13.3. The summed E-state index contributed by atoms with van der Waals surface area (Å²) in [6.45, 7) is 5.75. The summed E-state index contributed by atoms with van der Waals surface area (Å²) in [5.41, 5.74) is 4.88. The number of aromatic nitrogens is 5. The number of aromatic amines is 1. The maximum Gasteiger partial charge on any atom is 0.225 e. The summed E-state index contributed by atoms with van der Waals surface area (Å²) in [6, 6.07) is 16.8. The van der Waals surface area contributed by atoms with Crippen LogP contribution in [0.15, 0.2) is 63.8 Å². The van der Waals surface area contributed by atoms with Crippen molar-refractivity contribution < 1.29 is 4.42 Å². The molecular weight excluding hydrogens is 452 g/mol. The van der Waals surface area contributed by atoms with Crippen LogP contribution in [0.4, 0.5) is 5.69 Å². The van der Waals surface area contributed by atoms with Gasteiger partial charge >= 0.3 is 0 Å². The molecule has 1 atom stereocenters. The molecule has 0 unspecified atom stereocenters. The average Bonchev–Trinajstić information content (AvgIpc) is 3.38. The first kappa shape index (κ1) is 21.8. The number of pyridine rings is 1. The van der Waals surface area contributed by atoms with Gasteiger partial charge in [0.05, 0.1) is 17.1 Å². The maximum atomic E-state index is 13.3. The normalized spacial score (nSPS) is 12.1. The smallest absolute Gasteiger partial charge is 0.225 e. The van der Waals surface area contributed by atoms with Crippen molar-refractivity contribution in [3.63, 3.8) is 0 Å². The number of aryl methyl sites for hydroxylation is 1. The predicted molar refractivity (Wildman–Crippen MR) is 132 cm³/mol. The SMILES string of the molecule is Cc1cc([C@@H](C)Nc2ccc(Cl)nc2-c2nn[nH]n2)c2oc(-c3ccccc3)c(C)c(=O)c2c1. The van der Waals surface area contributed by atoms with E-state index in [1.165, 1.54) is 0 Å². The molecule has 170 valence electrons. The molecule has 0 aliphatic heterocycles. The first-order valence-electron chi connectivity index (χ1n) is 10.7. The highest BCUT2D eigenvalue weighted by Gasteiger charge is 2.20. The standard InChI is InChI=1S/C25H21ClN6O2/c1-13-11-17(15(3)27-19-9-10-20(26)28-21(19)25-29-31-32-30-25)24-18(12-13)22(33)14(2)23(34-24)16-7-5-4-6-8-16/h4-12,15,27H,1-3H3,(H,29,30,31,32)/t15-/m1/s1. The Morgan fingerprint density at radius 1 is 1.09 bits per heavy atom. The molecule has 0 aliphatic carbocycles. The van der Waals surface area contributed by atoms with Gasteiger partial charge in [0.15, 0.2) is 5.43 Å². The van der Waals surface area contributed by atoms with Crippen LogP contribution in [-0.2, 0) is 0 Å². The molecule has 0 aliphatic rings. The van der Waals surface area contributed by atoms with E-state index in [0.29, 0.717) is 44.7 Å². The van der Waals surface area contributed by atoms with E-state index < -0.39 is 0 Å². The van der Waals surface area contributed by atoms with E-state index >= 15 is 0 Å². The fraction of sp³-hybridized carbons (Fsp3) is 0.160. The van der Waals surface area contributed by atoms with Crippen molar-refractivity contribution >= 4 is 28.3 Å². The van der Waals surface area contributed by atoms with Crippen molar-refractivity contribution in [2.75, 3.05) is 5.32 Å². The quantitative estimate of drug-likeness (QED) is 0.326. The molecule has 0 saturated heterocycles. The summed E-state index contributed by atoms with van der Waals surface area (Å²) in [5, 5.41) is 18.4. The summed E-state index contributed by atoms with van der Waals surface area (Å²) in [6.07, 6.45) is 0. The summed E-state index contributed by atoms with van der Waals surface area (Å²) in [7, 11) is 0. The molecule has 2 N–H and O–H groups in total. The lowest BCUT2D eigenvalue weighted by Gasteiger charge is -2.20. The van der Waals surface area contributed by atoms with Crippen LogP contribution in [0.1, 0.15) is 29.7 Å². The lowest BCUT2D eigenvalue weighted by atomic mass is 9.98. The minimum absolute atomic E-state index is 0.0436. The highest BCUT2D eigenvalue weighted by Crippen LogP contribution is 2.33. The van der Waals surface area contributed by atoms with Crippen LogP contribution >= 0.6 is 11.6 Å². The van der Waals surface area contributed by atoms with Gasteiger partial charge in [0.2, 0.25) is 5.82 Å². The number of hydrogen-bond donors (Lipinski definition) is 2. The Labute approximate surface area is 200 Å². The number of fused-ring (bicyclic) bond motifs is 1. The summed E-state index contributed by atoms with van der Waals surface area (Å²) < 4.78 is 6.41. The number of anilines is 1. The molecule has 5 aromatic rings. The molecule has 0 spiro atoms. The Hall–Kier alpha value is -4.04. The Morgan fingerprint density at radius 3 is 2.62 bits per heavy atom. The molecule has 2 aromatic carbocycles.